The molecule has 0 spiro atoms. The van der Waals surface area contributed by atoms with Crippen LogP contribution in [0.15, 0.2) is 12.6 Å². The van der Waals surface area contributed by atoms with Crippen LogP contribution in [0.1, 0.15) is 61.4 Å². The van der Waals surface area contributed by atoms with Crippen molar-refractivity contribution < 1.29 is 9.53 Å². The van der Waals surface area contributed by atoms with Gasteiger partial charge < -0.3 is 9.64 Å². The minimum absolute atomic E-state index is 0.194. The molecule has 1 heterocycles. The molecule has 0 unspecified atom stereocenters. The molecule has 1 aliphatic carbocycles. The Morgan fingerprint density at radius 1 is 1.08 bits per heavy atom. The zero-order chi connectivity index (χ0) is 17.3. The van der Waals surface area contributed by atoms with Crippen molar-refractivity contribution in [2.24, 2.45) is 0 Å². The number of amides is 1. The molecule has 0 saturated heterocycles. The summed E-state index contributed by atoms with van der Waals surface area (Å²) in [7, 11) is 0. The average molecular weight is 327 g/mol. The van der Waals surface area contributed by atoms with Crippen LogP contribution in [0.5, 0.6) is 0 Å². The van der Waals surface area contributed by atoms with Gasteiger partial charge in [0.15, 0.2) is 0 Å². The largest absolute Gasteiger partial charge is 0.444 e. The van der Waals surface area contributed by atoms with Gasteiger partial charge in [-0.2, -0.15) is 0 Å². The fourth-order valence-corrected chi connectivity index (χ4v) is 3.94. The first-order valence-corrected chi connectivity index (χ1v) is 9.16. The third-order valence-corrected chi connectivity index (χ3v) is 5.04. The van der Waals surface area contributed by atoms with Crippen LogP contribution in [0.4, 0.5) is 4.79 Å². The lowest BCUT2D eigenvalue weighted by molar-refractivity contribution is 0.0258. The number of benzene rings is 1. The highest BCUT2D eigenvalue weighted by Gasteiger charge is 2.26. The van der Waals surface area contributed by atoms with Crippen LogP contribution in [-0.2, 0) is 30.4 Å². The summed E-state index contributed by atoms with van der Waals surface area (Å²) in [6.45, 7) is 11.3. The molecule has 24 heavy (non-hydrogen) atoms. The Hall–Kier alpha value is -1.77. The summed E-state index contributed by atoms with van der Waals surface area (Å²) in [5.74, 6) is 0. The van der Waals surface area contributed by atoms with Gasteiger partial charge in [-0.15, -0.1) is 0 Å². The van der Waals surface area contributed by atoms with Crippen molar-refractivity contribution in [3.63, 3.8) is 0 Å². The SMILES string of the molecule is C=Cc1c2c(cc3c1CCN(C(=O)OC(C)(C)C)CC3)CCCC2. The van der Waals surface area contributed by atoms with E-state index >= 15 is 0 Å². The van der Waals surface area contributed by atoms with Gasteiger partial charge in [-0.3, -0.25) is 0 Å². The van der Waals surface area contributed by atoms with Gasteiger partial charge in [0.2, 0.25) is 0 Å². The van der Waals surface area contributed by atoms with Gasteiger partial charge in [0.1, 0.15) is 5.60 Å². The van der Waals surface area contributed by atoms with E-state index in [2.05, 4.69) is 12.6 Å². The van der Waals surface area contributed by atoms with Crippen molar-refractivity contribution in [2.45, 2.75) is 64.9 Å². The second kappa shape index (κ2) is 6.62. The van der Waals surface area contributed by atoms with Crippen LogP contribution in [0.25, 0.3) is 6.08 Å². The first kappa shape index (κ1) is 17.1. The average Bonchev–Trinajstić information content (AvgIpc) is 2.73. The third kappa shape index (κ3) is 3.50. The van der Waals surface area contributed by atoms with Crippen LogP contribution < -0.4 is 0 Å². The fraction of sp³-hybridized carbons (Fsp3) is 0.571. The first-order chi connectivity index (χ1) is 11.4. The van der Waals surface area contributed by atoms with Crippen molar-refractivity contribution in [3.05, 3.63) is 40.5 Å². The molecule has 0 fully saturated rings. The Morgan fingerprint density at radius 2 is 1.71 bits per heavy atom. The lowest BCUT2D eigenvalue weighted by Crippen LogP contribution is -2.38. The standard InChI is InChI=1S/C21H29NO2/c1-5-17-18-9-7-6-8-15(18)14-16-10-12-22(13-11-19(16)17)20(23)24-21(2,3)4/h5,14H,1,6-13H2,2-4H3. The molecule has 1 amide bonds. The maximum absolute atomic E-state index is 12.4. The Morgan fingerprint density at radius 3 is 2.42 bits per heavy atom. The summed E-state index contributed by atoms with van der Waals surface area (Å²) < 4.78 is 5.55. The molecule has 0 atom stereocenters. The van der Waals surface area contributed by atoms with E-state index in [9.17, 15) is 4.79 Å². The predicted octanol–water partition coefficient (Wildman–Crippen LogP) is 4.54. The summed E-state index contributed by atoms with van der Waals surface area (Å²) in [5.41, 5.74) is 6.70. The molecule has 0 saturated carbocycles. The Kier molecular flexibility index (Phi) is 4.71. The Bertz CT molecular complexity index is 655. The maximum Gasteiger partial charge on any atom is 0.410 e. The zero-order valence-electron chi connectivity index (χ0n) is 15.3. The predicted molar refractivity (Wildman–Crippen MR) is 98.4 cm³/mol. The number of ether oxygens (including phenoxy) is 1. The Labute approximate surface area is 145 Å². The number of fused-ring (bicyclic) bond motifs is 2. The van der Waals surface area contributed by atoms with Gasteiger partial charge in [0, 0.05) is 13.1 Å². The number of nitrogens with zero attached hydrogens (tertiary/aromatic N) is 1. The molecule has 0 N–H and O–H groups in total. The van der Waals surface area contributed by atoms with Crippen molar-refractivity contribution >= 4 is 12.2 Å². The normalized spacial score (nSPS) is 17.5. The molecule has 3 nitrogen and oxygen atoms in total. The topological polar surface area (TPSA) is 29.5 Å². The van der Waals surface area contributed by atoms with Gasteiger partial charge in [-0.05, 0) is 87.1 Å². The quantitative estimate of drug-likeness (QED) is 0.757. The summed E-state index contributed by atoms with van der Waals surface area (Å²) in [6.07, 6.45) is 8.54. The van der Waals surface area contributed by atoms with Gasteiger partial charge in [0.05, 0.1) is 0 Å². The third-order valence-electron chi connectivity index (χ3n) is 5.04. The van der Waals surface area contributed by atoms with Crippen LogP contribution >= 0.6 is 0 Å². The van der Waals surface area contributed by atoms with E-state index in [4.69, 9.17) is 4.74 Å². The second-order valence-electron chi connectivity index (χ2n) is 7.94. The number of carbonyl (C=O) groups is 1. The molecule has 130 valence electrons. The monoisotopic (exact) mass is 327 g/mol. The molecular weight excluding hydrogens is 298 g/mol. The number of aryl methyl sites for hydroxylation is 1. The summed E-state index contributed by atoms with van der Waals surface area (Å²) >= 11 is 0. The zero-order valence-corrected chi connectivity index (χ0v) is 15.3. The highest BCUT2D eigenvalue weighted by molar-refractivity contribution is 5.69. The van der Waals surface area contributed by atoms with Gasteiger partial charge in [0.25, 0.3) is 0 Å². The van der Waals surface area contributed by atoms with E-state index in [-0.39, 0.29) is 6.09 Å². The van der Waals surface area contributed by atoms with E-state index in [1.165, 1.54) is 53.5 Å². The molecule has 0 bridgehead atoms. The molecule has 3 rings (SSSR count). The van der Waals surface area contributed by atoms with Crippen molar-refractivity contribution in [1.29, 1.82) is 0 Å². The maximum atomic E-state index is 12.4. The molecule has 0 radical (unpaired) electrons. The summed E-state index contributed by atoms with van der Waals surface area (Å²) in [5, 5.41) is 0. The minimum atomic E-state index is -0.443. The molecule has 1 aromatic rings. The number of rotatable bonds is 1. The highest BCUT2D eigenvalue weighted by atomic mass is 16.6. The Balaban J connectivity index is 1.85. The molecular formula is C21H29NO2. The van der Waals surface area contributed by atoms with Crippen molar-refractivity contribution in [3.8, 4) is 0 Å². The van der Waals surface area contributed by atoms with E-state index in [1.807, 2.05) is 31.7 Å². The van der Waals surface area contributed by atoms with E-state index in [1.54, 1.807) is 0 Å². The fourth-order valence-electron chi connectivity index (χ4n) is 3.94. The van der Waals surface area contributed by atoms with E-state index in [0.717, 1.165) is 25.9 Å². The molecule has 1 aromatic carbocycles. The lowest BCUT2D eigenvalue weighted by Gasteiger charge is -2.26. The van der Waals surface area contributed by atoms with Gasteiger partial charge in [-0.1, -0.05) is 18.7 Å². The number of carbonyl (C=O) groups excluding carboxylic acids is 1. The van der Waals surface area contributed by atoms with Gasteiger partial charge in [-0.25, -0.2) is 4.79 Å². The van der Waals surface area contributed by atoms with Crippen molar-refractivity contribution in [2.75, 3.05) is 13.1 Å². The molecule has 2 aliphatic rings. The van der Waals surface area contributed by atoms with Crippen LogP contribution in [0.3, 0.4) is 0 Å². The lowest BCUT2D eigenvalue weighted by atomic mass is 9.82. The van der Waals surface area contributed by atoms with E-state index < -0.39 is 5.60 Å². The van der Waals surface area contributed by atoms with Gasteiger partial charge >= 0.3 is 6.09 Å². The number of hydrogen-bond acceptors (Lipinski definition) is 2. The highest BCUT2D eigenvalue weighted by Crippen LogP contribution is 2.32. The molecule has 3 heteroatoms. The molecule has 0 aromatic heterocycles. The van der Waals surface area contributed by atoms with E-state index in [0.29, 0.717) is 0 Å². The van der Waals surface area contributed by atoms with Crippen LogP contribution in [0, 0.1) is 0 Å². The summed E-state index contributed by atoms with van der Waals surface area (Å²) in [4.78, 5) is 14.3. The smallest absolute Gasteiger partial charge is 0.410 e. The number of hydrogen-bond donors (Lipinski definition) is 0. The molecule has 1 aliphatic heterocycles. The summed E-state index contributed by atoms with van der Waals surface area (Å²) in [6, 6.07) is 2.40. The minimum Gasteiger partial charge on any atom is -0.444 e. The second-order valence-corrected chi connectivity index (χ2v) is 7.94. The van der Waals surface area contributed by atoms with Crippen molar-refractivity contribution in [1.82, 2.24) is 4.90 Å². The van der Waals surface area contributed by atoms with Crippen LogP contribution in [0.2, 0.25) is 0 Å². The van der Waals surface area contributed by atoms with Crippen LogP contribution in [-0.4, -0.2) is 29.7 Å². The first-order valence-electron chi connectivity index (χ1n) is 9.16.